The van der Waals surface area contributed by atoms with E-state index in [-0.39, 0.29) is 5.91 Å². The fourth-order valence-electron chi connectivity index (χ4n) is 0.988. The fourth-order valence-corrected chi connectivity index (χ4v) is 0.988. The molecule has 0 radical (unpaired) electrons. The van der Waals surface area contributed by atoms with Gasteiger partial charge in [-0.15, -0.1) is 0 Å². The van der Waals surface area contributed by atoms with Gasteiger partial charge in [-0.05, 0) is 18.6 Å². The van der Waals surface area contributed by atoms with Gasteiger partial charge in [-0.1, -0.05) is 11.8 Å². The molecule has 0 bridgehead atoms. The molecule has 0 spiro atoms. The molecule has 1 aromatic heterocycles. The first-order chi connectivity index (χ1) is 7.09. The highest BCUT2D eigenvalue weighted by Crippen LogP contribution is 2.07. The molecule has 0 aromatic carbocycles. The van der Waals surface area contributed by atoms with E-state index < -0.39 is 0 Å². The van der Waals surface area contributed by atoms with Crippen LogP contribution in [-0.2, 0) is 4.79 Å². The monoisotopic (exact) mass is 203 g/mol. The molecule has 1 amide bonds. The summed E-state index contributed by atoms with van der Waals surface area (Å²) in [6.07, 6.45) is 1.69. The maximum atomic E-state index is 10.6. The van der Waals surface area contributed by atoms with Crippen molar-refractivity contribution < 1.29 is 4.79 Å². The SMILES string of the molecule is CC(=O)NCC#Cc1cc(C)cnc1N. The van der Waals surface area contributed by atoms with Gasteiger partial charge in [-0.2, -0.15) is 0 Å². The van der Waals surface area contributed by atoms with Crippen LogP contribution in [-0.4, -0.2) is 17.4 Å². The summed E-state index contributed by atoms with van der Waals surface area (Å²) in [5, 5.41) is 2.58. The van der Waals surface area contributed by atoms with Gasteiger partial charge in [0, 0.05) is 13.1 Å². The van der Waals surface area contributed by atoms with Crippen molar-refractivity contribution in [2.24, 2.45) is 0 Å². The minimum atomic E-state index is -0.0976. The molecular weight excluding hydrogens is 190 g/mol. The van der Waals surface area contributed by atoms with E-state index >= 15 is 0 Å². The van der Waals surface area contributed by atoms with E-state index in [9.17, 15) is 4.79 Å². The number of rotatable bonds is 1. The molecule has 1 aromatic rings. The highest BCUT2D eigenvalue weighted by atomic mass is 16.1. The van der Waals surface area contributed by atoms with Gasteiger partial charge >= 0.3 is 0 Å². The van der Waals surface area contributed by atoms with Crippen LogP contribution in [0, 0.1) is 18.8 Å². The molecular formula is C11H13N3O. The second kappa shape index (κ2) is 5.01. The Hall–Kier alpha value is -2.02. The topological polar surface area (TPSA) is 68.0 Å². The lowest BCUT2D eigenvalue weighted by molar-refractivity contribution is -0.118. The molecule has 0 aliphatic heterocycles. The normalized spacial score (nSPS) is 8.93. The number of anilines is 1. The lowest BCUT2D eigenvalue weighted by Crippen LogP contribution is -2.19. The molecule has 0 saturated carbocycles. The predicted molar refractivity (Wildman–Crippen MR) is 58.9 cm³/mol. The number of carbonyl (C=O) groups is 1. The van der Waals surface area contributed by atoms with Gasteiger partial charge in [-0.25, -0.2) is 4.98 Å². The summed E-state index contributed by atoms with van der Waals surface area (Å²) in [4.78, 5) is 14.5. The molecule has 0 aliphatic carbocycles. The van der Waals surface area contributed by atoms with Gasteiger partial charge in [0.15, 0.2) is 0 Å². The second-order valence-corrected chi connectivity index (χ2v) is 3.16. The zero-order chi connectivity index (χ0) is 11.3. The Kier molecular flexibility index (Phi) is 3.69. The first-order valence-electron chi connectivity index (χ1n) is 4.55. The van der Waals surface area contributed by atoms with E-state index in [1.165, 1.54) is 6.92 Å². The second-order valence-electron chi connectivity index (χ2n) is 3.16. The van der Waals surface area contributed by atoms with Crippen LogP contribution in [0.2, 0.25) is 0 Å². The average Bonchev–Trinajstić information content (AvgIpc) is 2.17. The third-order valence-corrected chi connectivity index (χ3v) is 1.70. The standard InChI is InChI=1S/C11H13N3O/c1-8-6-10(11(12)14-7-8)4-3-5-13-9(2)15/h6-7H,5H2,1-2H3,(H2,12,14)(H,13,15). The van der Waals surface area contributed by atoms with Crippen LogP contribution in [0.4, 0.5) is 5.82 Å². The van der Waals surface area contributed by atoms with Crippen molar-refractivity contribution in [2.45, 2.75) is 13.8 Å². The Morgan fingerprint density at radius 2 is 2.40 bits per heavy atom. The minimum Gasteiger partial charge on any atom is -0.383 e. The van der Waals surface area contributed by atoms with Crippen molar-refractivity contribution in [2.75, 3.05) is 12.3 Å². The zero-order valence-corrected chi connectivity index (χ0v) is 8.79. The van der Waals surface area contributed by atoms with E-state index in [0.29, 0.717) is 17.9 Å². The Bertz CT molecular complexity index is 429. The molecule has 1 rings (SSSR count). The lowest BCUT2D eigenvalue weighted by atomic mass is 10.2. The Morgan fingerprint density at radius 1 is 1.67 bits per heavy atom. The first-order valence-corrected chi connectivity index (χ1v) is 4.55. The Morgan fingerprint density at radius 3 is 3.07 bits per heavy atom. The van der Waals surface area contributed by atoms with Gasteiger partial charge in [0.25, 0.3) is 0 Å². The van der Waals surface area contributed by atoms with Gasteiger partial charge in [0.2, 0.25) is 5.91 Å². The van der Waals surface area contributed by atoms with Crippen molar-refractivity contribution in [3.63, 3.8) is 0 Å². The summed E-state index contributed by atoms with van der Waals surface area (Å²) in [7, 11) is 0. The molecule has 4 heteroatoms. The summed E-state index contributed by atoms with van der Waals surface area (Å²) in [6.45, 7) is 3.69. The van der Waals surface area contributed by atoms with Gasteiger partial charge in [-0.3, -0.25) is 4.79 Å². The summed E-state index contributed by atoms with van der Waals surface area (Å²) < 4.78 is 0. The summed E-state index contributed by atoms with van der Waals surface area (Å²) >= 11 is 0. The molecule has 4 nitrogen and oxygen atoms in total. The van der Waals surface area contributed by atoms with Crippen molar-refractivity contribution in [3.05, 3.63) is 23.4 Å². The third kappa shape index (κ3) is 3.69. The first kappa shape index (κ1) is 11.1. The van der Waals surface area contributed by atoms with E-state index in [2.05, 4.69) is 22.1 Å². The molecule has 0 unspecified atom stereocenters. The van der Waals surface area contributed by atoms with Crippen LogP contribution in [0.1, 0.15) is 18.1 Å². The molecule has 0 atom stereocenters. The largest absolute Gasteiger partial charge is 0.383 e. The number of nitrogen functional groups attached to an aromatic ring is 1. The average molecular weight is 203 g/mol. The third-order valence-electron chi connectivity index (χ3n) is 1.70. The maximum Gasteiger partial charge on any atom is 0.217 e. The fraction of sp³-hybridized carbons (Fsp3) is 0.273. The minimum absolute atomic E-state index is 0.0976. The predicted octanol–water partition coefficient (Wildman–Crippen LogP) is 0.460. The lowest BCUT2D eigenvalue weighted by Gasteiger charge is -1.98. The van der Waals surface area contributed by atoms with Crippen molar-refractivity contribution in [1.82, 2.24) is 10.3 Å². The summed E-state index contributed by atoms with van der Waals surface area (Å²) in [5.41, 5.74) is 7.33. The number of nitrogens with one attached hydrogen (secondary N) is 1. The molecule has 0 saturated heterocycles. The van der Waals surface area contributed by atoms with Gasteiger partial charge < -0.3 is 11.1 Å². The number of aromatic nitrogens is 1. The quantitative estimate of drug-likeness (QED) is 0.651. The zero-order valence-electron chi connectivity index (χ0n) is 8.79. The molecule has 3 N–H and O–H groups in total. The van der Waals surface area contributed by atoms with E-state index in [4.69, 9.17) is 5.73 Å². The molecule has 15 heavy (non-hydrogen) atoms. The van der Waals surface area contributed by atoms with E-state index in [1.54, 1.807) is 6.20 Å². The summed E-state index contributed by atoms with van der Waals surface area (Å²) in [6, 6.07) is 1.86. The Balaban J connectivity index is 2.71. The van der Waals surface area contributed by atoms with Crippen LogP contribution in [0.15, 0.2) is 12.3 Å². The smallest absolute Gasteiger partial charge is 0.217 e. The van der Waals surface area contributed by atoms with Crippen LogP contribution < -0.4 is 11.1 Å². The van der Waals surface area contributed by atoms with Crippen molar-refractivity contribution in [1.29, 1.82) is 0 Å². The molecule has 0 fully saturated rings. The number of hydrogen-bond acceptors (Lipinski definition) is 3. The van der Waals surface area contributed by atoms with Gasteiger partial charge in [0.05, 0.1) is 12.1 Å². The number of carbonyl (C=O) groups excluding carboxylic acids is 1. The number of nitrogens with two attached hydrogens (primary N) is 1. The van der Waals surface area contributed by atoms with E-state index in [0.717, 1.165) is 5.56 Å². The van der Waals surface area contributed by atoms with Gasteiger partial charge in [0.1, 0.15) is 5.82 Å². The number of nitrogens with zero attached hydrogens (tertiary/aromatic N) is 1. The van der Waals surface area contributed by atoms with Crippen LogP contribution in [0.5, 0.6) is 0 Å². The molecule has 78 valence electrons. The van der Waals surface area contributed by atoms with E-state index in [1.807, 2.05) is 13.0 Å². The van der Waals surface area contributed by atoms with Crippen molar-refractivity contribution >= 4 is 11.7 Å². The van der Waals surface area contributed by atoms with Crippen LogP contribution >= 0.6 is 0 Å². The highest BCUT2D eigenvalue weighted by molar-refractivity contribution is 5.73. The Labute approximate surface area is 88.9 Å². The van der Waals surface area contributed by atoms with Crippen molar-refractivity contribution in [3.8, 4) is 11.8 Å². The van der Waals surface area contributed by atoms with Crippen LogP contribution in [0.25, 0.3) is 0 Å². The maximum absolute atomic E-state index is 10.6. The molecule has 0 aliphatic rings. The number of amides is 1. The number of aryl methyl sites for hydroxylation is 1. The number of pyridine rings is 1. The van der Waals surface area contributed by atoms with Crippen LogP contribution in [0.3, 0.4) is 0 Å². The highest BCUT2D eigenvalue weighted by Gasteiger charge is 1.96. The molecule has 1 heterocycles. The summed E-state index contributed by atoms with van der Waals surface area (Å²) in [5.74, 6) is 5.97. The number of hydrogen-bond donors (Lipinski definition) is 2.